The number of rotatable bonds is 5. The summed E-state index contributed by atoms with van der Waals surface area (Å²) in [4.78, 5) is 14.3. The van der Waals surface area contributed by atoms with Crippen molar-refractivity contribution < 1.29 is 14.4 Å². The van der Waals surface area contributed by atoms with E-state index in [0.717, 1.165) is 0 Å². The van der Waals surface area contributed by atoms with Crippen molar-refractivity contribution >= 4 is 11.5 Å². The minimum atomic E-state index is -1.23. The number of aromatic nitrogens is 1. The van der Waals surface area contributed by atoms with Gasteiger partial charge in [0.1, 0.15) is 17.1 Å². The molecule has 2 N–H and O–H groups in total. The summed E-state index contributed by atoms with van der Waals surface area (Å²) in [5, 5.41) is 24.3. The molecule has 0 bridgehead atoms. The Morgan fingerprint density at radius 1 is 1.52 bits per heavy atom. The molecule has 0 aromatic carbocycles. The van der Waals surface area contributed by atoms with Gasteiger partial charge in [-0.15, -0.1) is 0 Å². The number of pyridine rings is 1. The summed E-state index contributed by atoms with van der Waals surface area (Å²) in [6, 6.07) is 4.60. The zero-order valence-electron chi connectivity index (χ0n) is 12.1. The maximum absolute atomic E-state index is 10.9. The van der Waals surface area contributed by atoms with Crippen molar-refractivity contribution in [1.82, 2.24) is 4.98 Å². The average molecular weight is 291 g/mol. The summed E-state index contributed by atoms with van der Waals surface area (Å²) >= 11 is 0. The standard InChI is InChI=1S/C14H17N3O4/c1-9-7-11(10(2)21-9)14(3,18)8-16-13-12(17(19)20)5-4-6-15-13/h4-7,18H,8H2,1-3H3,(H,15,16)/t14-/m0/s1. The number of anilines is 1. The maximum Gasteiger partial charge on any atom is 0.311 e. The third kappa shape index (κ3) is 3.19. The van der Waals surface area contributed by atoms with E-state index in [0.29, 0.717) is 17.1 Å². The number of nitrogens with one attached hydrogen (secondary N) is 1. The van der Waals surface area contributed by atoms with Crippen LogP contribution < -0.4 is 5.32 Å². The van der Waals surface area contributed by atoms with Crippen LogP contribution in [-0.2, 0) is 5.60 Å². The molecule has 0 aliphatic carbocycles. The predicted octanol–water partition coefficient (Wildman–Crippen LogP) is 2.52. The molecular formula is C14H17N3O4. The average Bonchev–Trinajstić information content (AvgIpc) is 2.76. The van der Waals surface area contributed by atoms with Crippen molar-refractivity contribution in [3.63, 3.8) is 0 Å². The van der Waals surface area contributed by atoms with Gasteiger partial charge in [-0.3, -0.25) is 10.1 Å². The Hall–Kier alpha value is -2.41. The zero-order chi connectivity index (χ0) is 15.6. The Morgan fingerprint density at radius 2 is 2.24 bits per heavy atom. The van der Waals surface area contributed by atoms with E-state index in [-0.39, 0.29) is 18.1 Å². The van der Waals surface area contributed by atoms with Crippen LogP contribution in [0.1, 0.15) is 24.0 Å². The lowest BCUT2D eigenvalue weighted by Gasteiger charge is -2.23. The van der Waals surface area contributed by atoms with Crippen LogP contribution in [0.25, 0.3) is 0 Å². The van der Waals surface area contributed by atoms with Gasteiger partial charge in [0.25, 0.3) is 0 Å². The minimum Gasteiger partial charge on any atom is -0.466 e. The van der Waals surface area contributed by atoms with E-state index in [9.17, 15) is 15.2 Å². The van der Waals surface area contributed by atoms with Crippen LogP contribution in [0.4, 0.5) is 11.5 Å². The van der Waals surface area contributed by atoms with Gasteiger partial charge in [-0.25, -0.2) is 4.98 Å². The molecule has 0 amide bonds. The normalized spacial score (nSPS) is 13.7. The fraction of sp³-hybridized carbons (Fsp3) is 0.357. The second-order valence-electron chi connectivity index (χ2n) is 5.08. The van der Waals surface area contributed by atoms with Gasteiger partial charge in [0, 0.05) is 24.4 Å². The van der Waals surface area contributed by atoms with Gasteiger partial charge in [0.2, 0.25) is 5.82 Å². The molecule has 1 atom stereocenters. The van der Waals surface area contributed by atoms with Crippen molar-refractivity contribution in [2.24, 2.45) is 0 Å². The number of nitrogens with zero attached hydrogens (tertiary/aromatic N) is 2. The number of hydrogen-bond donors (Lipinski definition) is 2. The molecule has 0 saturated carbocycles. The highest BCUT2D eigenvalue weighted by Gasteiger charge is 2.28. The van der Waals surface area contributed by atoms with Crippen LogP contribution in [-0.4, -0.2) is 21.6 Å². The van der Waals surface area contributed by atoms with Gasteiger partial charge in [-0.1, -0.05) is 0 Å². The van der Waals surface area contributed by atoms with Crippen molar-refractivity contribution in [3.8, 4) is 0 Å². The first kappa shape index (κ1) is 15.0. The van der Waals surface area contributed by atoms with Gasteiger partial charge < -0.3 is 14.8 Å². The van der Waals surface area contributed by atoms with Crippen LogP contribution in [0.5, 0.6) is 0 Å². The fourth-order valence-electron chi connectivity index (χ4n) is 2.20. The summed E-state index contributed by atoms with van der Waals surface area (Å²) < 4.78 is 5.40. The first-order valence-electron chi connectivity index (χ1n) is 6.44. The molecule has 0 unspecified atom stereocenters. The Balaban J connectivity index is 2.19. The van der Waals surface area contributed by atoms with E-state index >= 15 is 0 Å². The van der Waals surface area contributed by atoms with Gasteiger partial charge in [-0.05, 0) is 32.9 Å². The second kappa shape index (κ2) is 5.53. The van der Waals surface area contributed by atoms with Crippen LogP contribution in [0, 0.1) is 24.0 Å². The Morgan fingerprint density at radius 3 is 2.81 bits per heavy atom. The summed E-state index contributed by atoms with van der Waals surface area (Å²) in [5.41, 5.74) is -0.716. The number of aliphatic hydroxyl groups is 1. The molecule has 2 rings (SSSR count). The smallest absolute Gasteiger partial charge is 0.311 e. The number of hydrogen-bond acceptors (Lipinski definition) is 6. The van der Waals surface area contributed by atoms with Gasteiger partial charge in [-0.2, -0.15) is 0 Å². The van der Waals surface area contributed by atoms with E-state index < -0.39 is 10.5 Å². The lowest BCUT2D eigenvalue weighted by molar-refractivity contribution is -0.384. The van der Waals surface area contributed by atoms with E-state index in [1.54, 1.807) is 26.8 Å². The van der Waals surface area contributed by atoms with Gasteiger partial charge in [0.15, 0.2) is 0 Å². The lowest BCUT2D eigenvalue weighted by Crippen LogP contribution is -2.31. The van der Waals surface area contributed by atoms with Crippen molar-refractivity contribution in [2.75, 3.05) is 11.9 Å². The Labute approximate surface area is 121 Å². The van der Waals surface area contributed by atoms with E-state index in [1.807, 2.05) is 0 Å². The van der Waals surface area contributed by atoms with Crippen LogP contribution in [0.2, 0.25) is 0 Å². The summed E-state index contributed by atoms with van der Waals surface area (Å²) in [5.74, 6) is 1.45. The molecule has 7 heteroatoms. The second-order valence-corrected chi connectivity index (χ2v) is 5.08. The number of furan rings is 1. The topological polar surface area (TPSA) is 101 Å². The molecule has 0 radical (unpaired) electrons. The zero-order valence-corrected chi connectivity index (χ0v) is 12.1. The van der Waals surface area contributed by atoms with Gasteiger partial charge >= 0.3 is 5.69 Å². The van der Waals surface area contributed by atoms with E-state index in [1.165, 1.54) is 18.3 Å². The minimum absolute atomic E-state index is 0.0741. The van der Waals surface area contributed by atoms with Crippen LogP contribution in [0.3, 0.4) is 0 Å². The highest BCUT2D eigenvalue weighted by Crippen LogP contribution is 2.28. The Bertz CT molecular complexity index is 664. The molecule has 0 saturated heterocycles. The third-order valence-electron chi connectivity index (χ3n) is 3.20. The van der Waals surface area contributed by atoms with Crippen LogP contribution >= 0.6 is 0 Å². The monoisotopic (exact) mass is 291 g/mol. The highest BCUT2D eigenvalue weighted by molar-refractivity contribution is 5.55. The molecule has 2 aromatic heterocycles. The van der Waals surface area contributed by atoms with Crippen molar-refractivity contribution in [1.29, 1.82) is 0 Å². The van der Waals surface area contributed by atoms with Gasteiger partial charge in [0.05, 0.1) is 4.92 Å². The summed E-state index contributed by atoms with van der Waals surface area (Å²) in [6.07, 6.45) is 1.46. The highest BCUT2D eigenvalue weighted by atomic mass is 16.6. The molecule has 2 heterocycles. The van der Waals surface area contributed by atoms with E-state index in [4.69, 9.17) is 4.42 Å². The molecule has 112 valence electrons. The molecule has 0 spiro atoms. The largest absolute Gasteiger partial charge is 0.466 e. The lowest BCUT2D eigenvalue weighted by atomic mass is 9.96. The number of nitro groups is 1. The summed E-state index contributed by atoms with van der Waals surface area (Å²) in [6.45, 7) is 5.25. The van der Waals surface area contributed by atoms with Crippen LogP contribution in [0.15, 0.2) is 28.8 Å². The predicted molar refractivity (Wildman–Crippen MR) is 77.1 cm³/mol. The van der Waals surface area contributed by atoms with Crippen molar-refractivity contribution in [2.45, 2.75) is 26.4 Å². The first-order valence-corrected chi connectivity index (χ1v) is 6.44. The molecule has 7 nitrogen and oxygen atoms in total. The molecule has 21 heavy (non-hydrogen) atoms. The molecular weight excluding hydrogens is 274 g/mol. The fourth-order valence-corrected chi connectivity index (χ4v) is 2.20. The third-order valence-corrected chi connectivity index (χ3v) is 3.20. The Kier molecular flexibility index (Phi) is 3.95. The quantitative estimate of drug-likeness (QED) is 0.648. The van der Waals surface area contributed by atoms with Crippen molar-refractivity contribution in [3.05, 3.63) is 51.6 Å². The van der Waals surface area contributed by atoms with E-state index in [2.05, 4.69) is 10.3 Å². The number of aryl methyl sites for hydroxylation is 2. The SMILES string of the molecule is Cc1cc([C@@](C)(O)CNc2ncccc2[N+](=O)[O-])c(C)o1. The first-order chi connectivity index (χ1) is 9.81. The maximum atomic E-state index is 10.9. The molecule has 2 aromatic rings. The molecule has 0 fully saturated rings. The summed E-state index contributed by atoms with van der Waals surface area (Å²) in [7, 11) is 0. The molecule has 0 aliphatic rings. The molecule has 0 aliphatic heterocycles.